The third-order valence-electron chi connectivity index (χ3n) is 3.30. The number of aromatic nitrogens is 3. The number of ketones is 1. The lowest BCUT2D eigenvalue weighted by molar-refractivity contribution is -0.147. The van der Waals surface area contributed by atoms with E-state index in [1.807, 2.05) is 23.8 Å². The molecule has 3 aromatic rings. The number of thioether (sulfide) groups is 1. The monoisotopic (exact) mass is 393 g/mol. The summed E-state index contributed by atoms with van der Waals surface area (Å²) < 4.78 is 5.07. The summed E-state index contributed by atoms with van der Waals surface area (Å²) in [5.74, 6) is -1.65. The van der Waals surface area contributed by atoms with E-state index in [0.717, 1.165) is 20.9 Å². The molecule has 25 heavy (non-hydrogen) atoms. The Hall–Kier alpha value is -1.84. The van der Waals surface area contributed by atoms with Crippen LogP contribution in [0.15, 0.2) is 28.2 Å². The molecule has 0 amide bonds. The van der Waals surface area contributed by atoms with Crippen molar-refractivity contribution < 1.29 is 14.3 Å². The van der Waals surface area contributed by atoms with Crippen LogP contribution in [-0.4, -0.2) is 39.1 Å². The highest BCUT2D eigenvalue weighted by Crippen LogP contribution is 2.30. The van der Waals surface area contributed by atoms with Crippen molar-refractivity contribution in [1.29, 1.82) is 0 Å². The van der Waals surface area contributed by atoms with Crippen LogP contribution in [0.1, 0.15) is 23.5 Å². The molecule has 0 radical (unpaired) electrons. The topological polar surface area (TPSA) is 82.0 Å². The second-order valence-electron chi connectivity index (χ2n) is 5.09. The minimum atomic E-state index is -0.981. The summed E-state index contributed by atoms with van der Waals surface area (Å²) in [7, 11) is 0. The summed E-state index contributed by atoms with van der Waals surface area (Å²) >= 11 is 4.12. The largest absolute Gasteiger partial charge is 0.465 e. The maximum absolute atomic E-state index is 12.7. The Morgan fingerprint density at radius 3 is 2.88 bits per heavy atom. The van der Waals surface area contributed by atoms with Crippen LogP contribution in [0.3, 0.4) is 0 Å². The van der Waals surface area contributed by atoms with Crippen molar-refractivity contribution in [1.82, 2.24) is 15.0 Å². The number of ether oxygens (including phenoxy) is 1. The molecule has 0 aliphatic carbocycles. The second-order valence-corrected chi connectivity index (χ2v) is 7.83. The number of Topliss-reactive ketones (excluding diaryl/α,β-unsaturated/α-hetero) is 1. The van der Waals surface area contributed by atoms with Crippen molar-refractivity contribution in [2.24, 2.45) is 0 Å². The highest BCUT2D eigenvalue weighted by Gasteiger charge is 2.32. The standard InChI is InChI=1S/C16H15N3O3S3/c1-3-22-16(21)12(15-19-9(2)6-24-15)11(20)7-25-14-10-4-5-23-13(10)17-8-18-14/h4-6,8,12H,3,7H2,1-2H3/t12-/m1/s1. The zero-order chi connectivity index (χ0) is 17.8. The van der Waals surface area contributed by atoms with Crippen molar-refractivity contribution in [3.05, 3.63) is 33.9 Å². The van der Waals surface area contributed by atoms with Crippen LogP contribution in [0, 0.1) is 6.92 Å². The van der Waals surface area contributed by atoms with Gasteiger partial charge in [0, 0.05) is 16.5 Å². The van der Waals surface area contributed by atoms with Gasteiger partial charge in [-0.05, 0) is 25.3 Å². The van der Waals surface area contributed by atoms with Crippen molar-refractivity contribution in [2.75, 3.05) is 12.4 Å². The molecule has 0 fully saturated rings. The fraction of sp³-hybridized carbons (Fsp3) is 0.312. The quantitative estimate of drug-likeness (QED) is 0.263. The Labute approximate surface area is 156 Å². The fourth-order valence-electron chi connectivity index (χ4n) is 2.21. The molecule has 3 rings (SSSR count). The Morgan fingerprint density at radius 2 is 2.16 bits per heavy atom. The summed E-state index contributed by atoms with van der Waals surface area (Å²) in [4.78, 5) is 38.6. The van der Waals surface area contributed by atoms with E-state index in [2.05, 4.69) is 15.0 Å². The highest BCUT2D eigenvalue weighted by atomic mass is 32.2. The number of thiophene rings is 1. The van der Waals surface area contributed by atoms with Gasteiger partial charge >= 0.3 is 5.97 Å². The van der Waals surface area contributed by atoms with E-state index in [4.69, 9.17) is 4.74 Å². The summed E-state index contributed by atoms with van der Waals surface area (Å²) in [6, 6.07) is 1.93. The second kappa shape index (κ2) is 8.03. The molecule has 0 saturated carbocycles. The van der Waals surface area contributed by atoms with Crippen LogP contribution in [0.25, 0.3) is 10.2 Å². The number of aryl methyl sites for hydroxylation is 1. The molecule has 0 N–H and O–H groups in total. The van der Waals surface area contributed by atoms with E-state index in [9.17, 15) is 9.59 Å². The number of hydrogen-bond acceptors (Lipinski definition) is 9. The number of carbonyl (C=O) groups is 2. The first-order valence-corrected chi connectivity index (χ1v) is 10.3. The van der Waals surface area contributed by atoms with Gasteiger partial charge in [-0.1, -0.05) is 11.8 Å². The molecule has 0 spiro atoms. The Balaban J connectivity index is 1.78. The van der Waals surface area contributed by atoms with Crippen LogP contribution < -0.4 is 0 Å². The van der Waals surface area contributed by atoms with E-state index in [1.165, 1.54) is 40.8 Å². The van der Waals surface area contributed by atoms with Crippen LogP contribution >= 0.6 is 34.4 Å². The molecule has 6 nitrogen and oxygen atoms in total. The molecule has 3 aromatic heterocycles. The highest BCUT2D eigenvalue weighted by molar-refractivity contribution is 8.00. The van der Waals surface area contributed by atoms with E-state index in [-0.39, 0.29) is 18.1 Å². The first kappa shape index (κ1) is 18.0. The third kappa shape index (κ3) is 4.05. The minimum absolute atomic E-state index is 0.115. The average Bonchev–Trinajstić information content (AvgIpc) is 3.22. The number of fused-ring (bicyclic) bond motifs is 1. The maximum atomic E-state index is 12.7. The van der Waals surface area contributed by atoms with Crippen molar-refractivity contribution >= 4 is 56.4 Å². The molecule has 0 aliphatic rings. The predicted molar refractivity (Wildman–Crippen MR) is 99.4 cm³/mol. The fourth-order valence-corrected chi connectivity index (χ4v) is 4.79. The molecular weight excluding hydrogens is 378 g/mol. The lowest BCUT2D eigenvalue weighted by Gasteiger charge is -2.12. The molecule has 0 aromatic carbocycles. The van der Waals surface area contributed by atoms with E-state index < -0.39 is 11.9 Å². The van der Waals surface area contributed by atoms with Crippen LogP contribution in [0.5, 0.6) is 0 Å². The average molecular weight is 394 g/mol. The van der Waals surface area contributed by atoms with Gasteiger partial charge in [0.15, 0.2) is 11.7 Å². The first-order valence-electron chi connectivity index (χ1n) is 7.52. The van der Waals surface area contributed by atoms with Gasteiger partial charge in [0.25, 0.3) is 0 Å². The Bertz CT molecular complexity index is 906. The number of rotatable bonds is 7. The van der Waals surface area contributed by atoms with Gasteiger partial charge in [-0.15, -0.1) is 22.7 Å². The molecular formula is C16H15N3O3S3. The summed E-state index contributed by atoms with van der Waals surface area (Å²) in [5, 5.41) is 5.89. The molecule has 0 unspecified atom stereocenters. The summed E-state index contributed by atoms with van der Waals surface area (Å²) in [6.45, 7) is 3.77. The molecule has 3 heterocycles. The number of thiazole rings is 1. The van der Waals surface area contributed by atoms with Gasteiger partial charge in [-0.3, -0.25) is 9.59 Å². The molecule has 0 bridgehead atoms. The van der Waals surface area contributed by atoms with Crippen molar-refractivity contribution in [3.8, 4) is 0 Å². The SMILES string of the molecule is CCOC(=O)[C@H](C(=O)CSc1ncnc2sccc12)c1nc(C)cs1. The summed E-state index contributed by atoms with van der Waals surface area (Å²) in [6.07, 6.45) is 1.48. The van der Waals surface area contributed by atoms with Gasteiger partial charge in [0.2, 0.25) is 0 Å². The zero-order valence-corrected chi connectivity index (χ0v) is 16.0. The van der Waals surface area contributed by atoms with Gasteiger partial charge in [-0.25, -0.2) is 15.0 Å². The Morgan fingerprint density at radius 1 is 1.32 bits per heavy atom. The smallest absolute Gasteiger partial charge is 0.323 e. The summed E-state index contributed by atoms with van der Waals surface area (Å²) in [5.41, 5.74) is 0.783. The van der Waals surface area contributed by atoms with Gasteiger partial charge in [0.05, 0.1) is 12.4 Å². The lowest BCUT2D eigenvalue weighted by Crippen LogP contribution is -2.25. The molecule has 0 aliphatic heterocycles. The molecule has 0 saturated heterocycles. The van der Waals surface area contributed by atoms with Gasteiger partial charge in [-0.2, -0.15) is 0 Å². The predicted octanol–water partition coefficient (Wildman–Crippen LogP) is 3.46. The van der Waals surface area contributed by atoms with Crippen LogP contribution in [0.4, 0.5) is 0 Å². The van der Waals surface area contributed by atoms with E-state index in [1.54, 1.807) is 6.92 Å². The molecule has 9 heteroatoms. The third-order valence-corrected chi connectivity index (χ3v) is 6.18. The normalized spacial score (nSPS) is 12.2. The number of hydrogen-bond donors (Lipinski definition) is 0. The first-order chi connectivity index (χ1) is 12.1. The number of nitrogens with zero attached hydrogens (tertiary/aromatic N) is 3. The van der Waals surface area contributed by atoms with Crippen molar-refractivity contribution in [3.63, 3.8) is 0 Å². The zero-order valence-electron chi connectivity index (χ0n) is 13.6. The minimum Gasteiger partial charge on any atom is -0.465 e. The maximum Gasteiger partial charge on any atom is 0.323 e. The van der Waals surface area contributed by atoms with Crippen LogP contribution in [-0.2, 0) is 14.3 Å². The van der Waals surface area contributed by atoms with Gasteiger partial charge < -0.3 is 4.74 Å². The van der Waals surface area contributed by atoms with Gasteiger partial charge in [0.1, 0.15) is 21.2 Å². The van der Waals surface area contributed by atoms with E-state index >= 15 is 0 Å². The van der Waals surface area contributed by atoms with Crippen LogP contribution in [0.2, 0.25) is 0 Å². The van der Waals surface area contributed by atoms with E-state index in [0.29, 0.717) is 5.01 Å². The Kier molecular flexibility index (Phi) is 5.77. The molecule has 130 valence electrons. The van der Waals surface area contributed by atoms with Crippen molar-refractivity contribution in [2.45, 2.75) is 24.8 Å². The molecule has 1 atom stereocenters. The number of esters is 1. The number of carbonyl (C=O) groups excluding carboxylic acids is 2. The lowest BCUT2D eigenvalue weighted by atomic mass is 10.1.